The lowest BCUT2D eigenvalue weighted by molar-refractivity contribution is 0.102. The number of aromatic nitrogens is 2. The van der Waals surface area contributed by atoms with Crippen molar-refractivity contribution in [3.8, 4) is 5.75 Å². The van der Waals surface area contributed by atoms with Gasteiger partial charge in [-0.05, 0) is 36.4 Å². The summed E-state index contributed by atoms with van der Waals surface area (Å²) in [5.41, 5.74) is 2.02. The molecule has 1 heterocycles. The summed E-state index contributed by atoms with van der Waals surface area (Å²) in [6.07, 6.45) is 0. The number of hydrogen-bond acceptors (Lipinski definition) is 3. The third-order valence-corrected chi connectivity index (χ3v) is 3.67. The first-order valence-electron chi connectivity index (χ1n) is 6.44. The number of carbonyl (C=O) groups is 1. The molecule has 6 nitrogen and oxygen atoms in total. The summed E-state index contributed by atoms with van der Waals surface area (Å²) >= 11 is 3.34. The number of hydrogen-bond donors (Lipinski definition) is 3. The Kier molecular flexibility index (Phi) is 3.72. The van der Waals surface area contributed by atoms with Crippen LogP contribution in [0.2, 0.25) is 0 Å². The molecule has 0 fully saturated rings. The zero-order chi connectivity index (χ0) is 15.7. The van der Waals surface area contributed by atoms with E-state index in [4.69, 9.17) is 4.74 Å². The van der Waals surface area contributed by atoms with Crippen LogP contribution in [0.15, 0.2) is 45.7 Å². The summed E-state index contributed by atoms with van der Waals surface area (Å²) in [7, 11) is 1.51. The molecule has 3 rings (SSSR count). The molecule has 0 atom stereocenters. The van der Waals surface area contributed by atoms with Crippen LogP contribution in [0.1, 0.15) is 10.4 Å². The molecule has 0 spiro atoms. The lowest BCUT2D eigenvalue weighted by Crippen LogP contribution is -2.13. The van der Waals surface area contributed by atoms with Crippen LogP contribution in [-0.2, 0) is 0 Å². The van der Waals surface area contributed by atoms with E-state index in [0.29, 0.717) is 28.0 Å². The monoisotopic (exact) mass is 361 g/mol. The first kappa shape index (κ1) is 14.4. The summed E-state index contributed by atoms with van der Waals surface area (Å²) in [5.74, 6) is 0.187. The molecule has 112 valence electrons. The fraction of sp³-hybridized carbons (Fsp3) is 0.0667. The molecule has 0 radical (unpaired) electrons. The van der Waals surface area contributed by atoms with Crippen molar-refractivity contribution in [3.63, 3.8) is 0 Å². The maximum absolute atomic E-state index is 12.4. The van der Waals surface area contributed by atoms with Crippen molar-refractivity contribution in [2.45, 2.75) is 0 Å². The Morgan fingerprint density at radius 2 is 1.91 bits per heavy atom. The molecule has 0 bridgehead atoms. The van der Waals surface area contributed by atoms with E-state index >= 15 is 0 Å². The maximum Gasteiger partial charge on any atom is 0.323 e. The maximum atomic E-state index is 12.4. The Morgan fingerprint density at radius 1 is 1.14 bits per heavy atom. The van der Waals surface area contributed by atoms with Gasteiger partial charge >= 0.3 is 5.69 Å². The molecule has 7 heteroatoms. The van der Waals surface area contributed by atoms with Crippen LogP contribution in [0.4, 0.5) is 5.69 Å². The minimum Gasteiger partial charge on any atom is -0.496 e. The highest BCUT2D eigenvalue weighted by atomic mass is 79.9. The van der Waals surface area contributed by atoms with Crippen LogP contribution in [0, 0.1) is 0 Å². The van der Waals surface area contributed by atoms with Gasteiger partial charge in [0.1, 0.15) is 5.75 Å². The van der Waals surface area contributed by atoms with Gasteiger partial charge in [-0.2, -0.15) is 0 Å². The van der Waals surface area contributed by atoms with Crippen LogP contribution in [0.25, 0.3) is 11.0 Å². The summed E-state index contributed by atoms with van der Waals surface area (Å²) in [6, 6.07) is 10.3. The van der Waals surface area contributed by atoms with Crippen molar-refractivity contribution in [2.24, 2.45) is 0 Å². The van der Waals surface area contributed by atoms with Crippen LogP contribution >= 0.6 is 15.9 Å². The Labute approximate surface area is 133 Å². The van der Waals surface area contributed by atoms with E-state index in [-0.39, 0.29) is 11.6 Å². The zero-order valence-corrected chi connectivity index (χ0v) is 13.2. The average molecular weight is 362 g/mol. The Bertz CT molecular complexity index is 914. The second-order valence-corrected chi connectivity index (χ2v) is 5.55. The van der Waals surface area contributed by atoms with Gasteiger partial charge < -0.3 is 20.0 Å². The number of fused-ring (bicyclic) bond motifs is 1. The molecular formula is C15H12BrN3O3. The Balaban J connectivity index is 1.92. The van der Waals surface area contributed by atoms with Crippen LogP contribution in [0.3, 0.4) is 0 Å². The molecule has 1 aromatic heterocycles. The molecule has 0 unspecified atom stereocenters. The zero-order valence-electron chi connectivity index (χ0n) is 11.6. The van der Waals surface area contributed by atoms with Gasteiger partial charge in [-0.25, -0.2) is 4.79 Å². The number of methoxy groups -OCH3 is 1. The highest BCUT2D eigenvalue weighted by Gasteiger charge is 2.13. The lowest BCUT2D eigenvalue weighted by Gasteiger charge is -2.10. The van der Waals surface area contributed by atoms with Crippen molar-refractivity contribution < 1.29 is 9.53 Å². The average Bonchev–Trinajstić information content (AvgIpc) is 2.86. The smallest absolute Gasteiger partial charge is 0.323 e. The van der Waals surface area contributed by atoms with Gasteiger partial charge in [0.05, 0.1) is 23.7 Å². The lowest BCUT2D eigenvalue weighted by atomic mass is 10.2. The van der Waals surface area contributed by atoms with E-state index in [1.165, 1.54) is 7.11 Å². The van der Waals surface area contributed by atoms with E-state index in [0.717, 1.165) is 4.47 Å². The molecule has 22 heavy (non-hydrogen) atoms. The van der Waals surface area contributed by atoms with Crippen molar-refractivity contribution >= 4 is 38.6 Å². The van der Waals surface area contributed by atoms with E-state index in [9.17, 15) is 9.59 Å². The quantitative estimate of drug-likeness (QED) is 0.670. The normalized spacial score (nSPS) is 10.6. The summed E-state index contributed by atoms with van der Waals surface area (Å²) in [6.45, 7) is 0. The molecule has 3 aromatic rings. The van der Waals surface area contributed by atoms with Gasteiger partial charge in [-0.3, -0.25) is 4.79 Å². The Morgan fingerprint density at radius 3 is 2.68 bits per heavy atom. The number of ether oxygens (including phenoxy) is 1. The minimum atomic E-state index is -0.296. The van der Waals surface area contributed by atoms with Crippen molar-refractivity contribution in [3.05, 3.63) is 56.9 Å². The topological polar surface area (TPSA) is 87.0 Å². The molecule has 0 saturated carbocycles. The number of carbonyl (C=O) groups excluding carboxylic acids is 1. The number of imidazole rings is 1. The predicted molar refractivity (Wildman–Crippen MR) is 87.6 cm³/mol. The largest absolute Gasteiger partial charge is 0.496 e. The summed E-state index contributed by atoms with van der Waals surface area (Å²) in [4.78, 5) is 28.9. The van der Waals surface area contributed by atoms with Gasteiger partial charge in [0, 0.05) is 10.2 Å². The first-order valence-corrected chi connectivity index (χ1v) is 7.23. The second-order valence-electron chi connectivity index (χ2n) is 4.64. The van der Waals surface area contributed by atoms with Crippen molar-refractivity contribution in [1.29, 1.82) is 0 Å². The van der Waals surface area contributed by atoms with Gasteiger partial charge in [-0.15, -0.1) is 0 Å². The standard InChI is InChI=1S/C15H12BrN3O3/c1-22-13-5-2-8(16)6-10(13)14(20)17-9-3-4-11-12(7-9)19-15(21)18-11/h2-7H,1H3,(H,17,20)(H2,18,19,21). The second kappa shape index (κ2) is 5.69. The van der Waals surface area contributed by atoms with E-state index in [1.54, 1.807) is 36.4 Å². The molecule has 1 amide bonds. The number of anilines is 1. The number of nitrogens with one attached hydrogen (secondary N) is 3. The third kappa shape index (κ3) is 2.75. The molecule has 0 aliphatic heterocycles. The van der Waals surface area contributed by atoms with Gasteiger partial charge in [-0.1, -0.05) is 15.9 Å². The number of halogens is 1. The summed E-state index contributed by atoms with van der Waals surface area (Å²) in [5, 5.41) is 2.79. The molecule has 3 N–H and O–H groups in total. The number of benzene rings is 2. The first-order chi connectivity index (χ1) is 10.6. The van der Waals surface area contributed by atoms with E-state index in [2.05, 4.69) is 31.2 Å². The highest BCUT2D eigenvalue weighted by molar-refractivity contribution is 9.10. The number of H-pyrrole nitrogens is 2. The number of aromatic amines is 2. The van der Waals surface area contributed by atoms with E-state index < -0.39 is 0 Å². The SMILES string of the molecule is COc1ccc(Br)cc1C(=O)Nc1ccc2[nH]c(=O)[nH]c2c1. The molecule has 2 aromatic carbocycles. The molecular weight excluding hydrogens is 350 g/mol. The van der Waals surface area contributed by atoms with Crippen LogP contribution < -0.4 is 15.7 Å². The molecule has 0 aliphatic carbocycles. The van der Waals surface area contributed by atoms with Gasteiger partial charge in [0.25, 0.3) is 5.91 Å². The number of amides is 1. The number of rotatable bonds is 3. The molecule has 0 aliphatic rings. The highest BCUT2D eigenvalue weighted by Crippen LogP contribution is 2.24. The third-order valence-electron chi connectivity index (χ3n) is 3.18. The predicted octanol–water partition coefficient (Wildman–Crippen LogP) is 2.88. The van der Waals surface area contributed by atoms with Gasteiger partial charge in [0.15, 0.2) is 0 Å². The Hall–Kier alpha value is -2.54. The van der Waals surface area contributed by atoms with Crippen LogP contribution in [-0.4, -0.2) is 23.0 Å². The van der Waals surface area contributed by atoms with E-state index in [1.807, 2.05) is 0 Å². The minimum absolute atomic E-state index is 0.285. The summed E-state index contributed by atoms with van der Waals surface area (Å²) < 4.78 is 5.98. The van der Waals surface area contributed by atoms with Gasteiger partial charge in [0.2, 0.25) is 0 Å². The van der Waals surface area contributed by atoms with Crippen molar-refractivity contribution in [2.75, 3.05) is 12.4 Å². The fourth-order valence-electron chi connectivity index (χ4n) is 2.17. The van der Waals surface area contributed by atoms with Crippen LogP contribution in [0.5, 0.6) is 5.75 Å². The fourth-order valence-corrected chi connectivity index (χ4v) is 2.53. The molecule has 0 saturated heterocycles. The van der Waals surface area contributed by atoms with Crippen molar-refractivity contribution in [1.82, 2.24) is 9.97 Å².